The Kier molecular flexibility index (Phi) is 7.81. The third-order valence-corrected chi connectivity index (χ3v) is 6.66. The number of benzene rings is 1. The van der Waals surface area contributed by atoms with Crippen LogP contribution in [-0.4, -0.2) is 49.9 Å². The highest BCUT2D eigenvalue weighted by Crippen LogP contribution is 2.35. The number of carboxylic acid groups (broad SMARTS) is 1. The molecule has 1 atom stereocenters. The molecular weight excluding hydrogens is 460 g/mol. The second-order valence-corrected chi connectivity index (χ2v) is 10.4. The molecule has 0 aliphatic heterocycles. The van der Waals surface area contributed by atoms with Crippen LogP contribution in [0.15, 0.2) is 48.7 Å². The van der Waals surface area contributed by atoms with Crippen molar-refractivity contribution in [1.29, 1.82) is 0 Å². The van der Waals surface area contributed by atoms with Gasteiger partial charge in [-0.1, -0.05) is 41.9 Å². The number of aromatic nitrogens is 2. The van der Waals surface area contributed by atoms with Gasteiger partial charge in [0, 0.05) is 30.4 Å². The van der Waals surface area contributed by atoms with Gasteiger partial charge < -0.3 is 15.3 Å². The van der Waals surface area contributed by atoms with Gasteiger partial charge in [-0.15, -0.1) is 11.3 Å². The van der Waals surface area contributed by atoms with Crippen LogP contribution in [0.2, 0.25) is 4.34 Å². The maximum Gasteiger partial charge on any atom is 0.407 e. The summed E-state index contributed by atoms with van der Waals surface area (Å²) in [5.41, 5.74) is 2.01. The highest BCUT2D eigenvalue weighted by Gasteiger charge is 2.30. The van der Waals surface area contributed by atoms with E-state index in [-0.39, 0.29) is 12.5 Å². The summed E-state index contributed by atoms with van der Waals surface area (Å²) < 4.78 is 2.33. The summed E-state index contributed by atoms with van der Waals surface area (Å²) in [6.45, 7) is 8.35. The fourth-order valence-corrected chi connectivity index (χ4v) is 4.84. The van der Waals surface area contributed by atoms with Gasteiger partial charge in [-0.05, 0) is 51.8 Å². The minimum Gasteiger partial charge on any atom is -0.465 e. The molecule has 3 aromatic rings. The summed E-state index contributed by atoms with van der Waals surface area (Å²) in [5.74, 6) is -0.282. The average Bonchev–Trinajstić information content (AvgIpc) is 3.37. The zero-order valence-electron chi connectivity index (χ0n) is 19.2. The number of hydrogen-bond acceptors (Lipinski definition) is 4. The van der Waals surface area contributed by atoms with Crippen LogP contribution >= 0.6 is 22.9 Å². The first-order valence-electron chi connectivity index (χ1n) is 10.8. The number of carbonyl (C=O) groups excluding carboxylic acids is 1. The maximum absolute atomic E-state index is 13.2. The first-order chi connectivity index (χ1) is 15.6. The van der Waals surface area contributed by atoms with Crippen molar-refractivity contribution in [3.63, 3.8) is 0 Å². The molecule has 2 aromatic heterocycles. The van der Waals surface area contributed by atoms with Crippen LogP contribution < -0.4 is 5.32 Å². The van der Waals surface area contributed by atoms with Gasteiger partial charge in [-0.3, -0.25) is 9.48 Å². The van der Waals surface area contributed by atoms with Crippen molar-refractivity contribution in [2.75, 3.05) is 6.54 Å². The summed E-state index contributed by atoms with van der Waals surface area (Å²) in [7, 11) is 0. The number of nitrogens with one attached hydrogen (secondary N) is 1. The predicted octanol–water partition coefficient (Wildman–Crippen LogP) is 5.40. The van der Waals surface area contributed by atoms with Crippen LogP contribution in [0.1, 0.15) is 42.9 Å². The largest absolute Gasteiger partial charge is 0.465 e. The summed E-state index contributed by atoms with van der Waals surface area (Å²) in [4.78, 5) is 26.9. The van der Waals surface area contributed by atoms with Crippen molar-refractivity contribution in [3.8, 4) is 11.3 Å². The van der Waals surface area contributed by atoms with E-state index in [1.807, 2.05) is 68.8 Å². The second kappa shape index (κ2) is 10.4. The van der Waals surface area contributed by atoms with E-state index in [2.05, 4.69) is 10.4 Å². The topological polar surface area (TPSA) is 87.5 Å². The highest BCUT2D eigenvalue weighted by atomic mass is 35.5. The molecule has 1 unspecified atom stereocenters. The van der Waals surface area contributed by atoms with Gasteiger partial charge in [0.05, 0.1) is 16.6 Å². The number of amides is 2. The summed E-state index contributed by atoms with van der Waals surface area (Å²) in [6, 6.07) is 12.9. The van der Waals surface area contributed by atoms with E-state index in [4.69, 9.17) is 11.6 Å². The van der Waals surface area contributed by atoms with Gasteiger partial charge in [-0.2, -0.15) is 5.10 Å². The van der Waals surface area contributed by atoms with Crippen LogP contribution in [0.4, 0.5) is 4.79 Å². The molecule has 2 heterocycles. The van der Waals surface area contributed by atoms with Gasteiger partial charge in [0.15, 0.2) is 0 Å². The number of rotatable bonds is 8. The Balaban J connectivity index is 1.85. The van der Waals surface area contributed by atoms with E-state index in [1.54, 1.807) is 12.3 Å². The lowest BCUT2D eigenvalue weighted by Crippen LogP contribution is -2.53. The van der Waals surface area contributed by atoms with Crippen molar-refractivity contribution in [2.45, 2.75) is 52.2 Å². The van der Waals surface area contributed by atoms with Gasteiger partial charge in [0.1, 0.15) is 4.34 Å². The third-order valence-electron chi connectivity index (χ3n) is 5.31. The SMILES string of the molecule is CCn1nccc1-c1cc(C(=O)NC(Cc2ccccc2)CN(C(=O)O)C(C)(C)C)sc1Cl. The minimum atomic E-state index is -1.02. The van der Waals surface area contributed by atoms with Crippen LogP contribution in [0, 0.1) is 0 Å². The number of aryl methyl sites for hydroxylation is 1. The van der Waals surface area contributed by atoms with Crippen LogP contribution in [0.5, 0.6) is 0 Å². The average molecular weight is 489 g/mol. The standard InChI is InChI=1S/C24H29ClN4O3S/c1-5-29-19(11-12-26-29)18-14-20(33-21(18)25)22(30)27-17(13-16-9-7-6-8-10-16)15-28(23(31)32)24(2,3)4/h6-12,14,17H,5,13,15H2,1-4H3,(H,27,30)(H,31,32). The van der Waals surface area contributed by atoms with E-state index >= 15 is 0 Å². The van der Waals surface area contributed by atoms with Crippen molar-refractivity contribution in [1.82, 2.24) is 20.0 Å². The summed E-state index contributed by atoms with van der Waals surface area (Å²) in [5, 5.41) is 17.1. The molecule has 3 rings (SSSR count). The van der Waals surface area contributed by atoms with E-state index in [1.165, 1.54) is 16.2 Å². The van der Waals surface area contributed by atoms with Crippen molar-refractivity contribution >= 4 is 34.9 Å². The molecule has 7 nitrogen and oxygen atoms in total. The summed E-state index contributed by atoms with van der Waals surface area (Å²) >= 11 is 7.67. The zero-order chi connectivity index (χ0) is 24.2. The van der Waals surface area contributed by atoms with E-state index in [0.29, 0.717) is 22.2 Å². The molecule has 2 N–H and O–H groups in total. The number of hydrogen-bond donors (Lipinski definition) is 2. The first kappa shape index (κ1) is 24.8. The lowest BCUT2D eigenvalue weighted by Gasteiger charge is -2.36. The van der Waals surface area contributed by atoms with Crippen LogP contribution in [0.25, 0.3) is 11.3 Å². The van der Waals surface area contributed by atoms with E-state index < -0.39 is 17.7 Å². The van der Waals surface area contributed by atoms with Gasteiger partial charge in [-0.25, -0.2) is 4.79 Å². The van der Waals surface area contributed by atoms with Gasteiger partial charge >= 0.3 is 6.09 Å². The second-order valence-electron chi connectivity index (χ2n) is 8.75. The Morgan fingerprint density at radius 1 is 1.24 bits per heavy atom. The lowest BCUT2D eigenvalue weighted by molar-refractivity contribution is 0.0824. The molecule has 0 saturated carbocycles. The monoisotopic (exact) mass is 488 g/mol. The Bertz CT molecular complexity index is 1100. The van der Waals surface area contributed by atoms with Crippen LogP contribution in [-0.2, 0) is 13.0 Å². The lowest BCUT2D eigenvalue weighted by atomic mass is 10.0. The van der Waals surface area contributed by atoms with Crippen molar-refractivity contribution in [2.24, 2.45) is 0 Å². The summed E-state index contributed by atoms with van der Waals surface area (Å²) in [6.07, 6.45) is 1.18. The van der Waals surface area contributed by atoms with Crippen molar-refractivity contribution < 1.29 is 14.7 Å². The molecule has 0 radical (unpaired) electrons. The number of nitrogens with zero attached hydrogens (tertiary/aromatic N) is 3. The number of thiophene rings is 1. The molecule has 2 amide bonds. The molecule has 1 aromatic carbocycles. The molecule has 9 heteroatoms. The molecule has 0 spiro atoms. The smallest absolute Gasteiger partial charge is 0.407 e. The molecular formula is C24H29ClN4O3S. The normalized spacial score (nSPS) is 12.4. The Morgan fingerprint density at radius 3 is 2.55 bits per heavy atom. The molecule has 0 aliphatic rings. The molecule has 33 heavy (non-hydrogen) atoms. The minimum absolute atomic E-state index is 0.161. The maximum atomic E-state index is 13.2. The third kappa shape index (κ3) is 6.15. The predicted molar refractivity (Wildman–Crippen MR) is 132 cm³/mol. The van der Waals surface area contributed by atoms with Gasteiger partial charge in [0.2, 0.25) is 0 Å². The Morgan fingerprint density at radius 2 is 1.94 bits per heavy atom. The fourth-order valence-electron chi connectivity index (χ4n) is 3.64. The van der Waals surface area contributed by atoms with E-state index in [0.717, 1.165) is 16.8 Å². The molecule has 176 valence electrons. The quantitative estimate of drug-likeness (QED) is 0.444. The molecule has 0 bridgehead atoms. The number of halogens is 1. The van der Waals surface area contributed by atoms with Crippen molar-refractivity contribution in [3.05, 3.63) is 63.4 Å². The Labute approximate surface area is 203 Å². The Hall–Kier alpha value is -2.84. The highest BCUT2D eigenvalue weighted by molar-refractivity contribution is 7.18. The van der Waals surface area contributed by atoms with Crippen LogP contribution in [0.3, 0.4) is 0 Å². The molecule has 0 aliphatic carbocycles. The van der Waals surface area contributed by atoms with E-state index in [9.17, 15) is 14.7 Å². The fraction of sp³-hybridized carbons (Fsp3) is 0.375. The molecule has 0 fully saturated rings. The molecule has 0 saturated heterocycles. The first-order valence-corrected chi connectivity index (χ1v) is 12.0. The zero-order valence-corrected chi connectivity index (χ0v) is 20.8. The van der Waals surface area contributed by atoms with Gasteiger partial charge in [0.25, 0.3) is 5.91 Å². The number of carbonyl (C=O) groups is 2.